The molecule has 0 unspecified atom stereocenters. The molecule has 0 aliphatic heterocycles. The molecule has 0 aliphatic rings. The Morgan fingerprint density at radius 1 is 0.920 bits per heavy atom. The Kier molecular flexibility index (Phi) is 7.66. The minimum absolute atomic E-state index is 0.0338. The summed E-state index contributed by atoms with van der Waals surface area (Å²) in [7, 11) is 0. The first kappa shape index (κ1) is 18.7. The molecule has 25 heavy (non-hydrogen) atoms. The quantitative estimate of drug-likeness (QED) is 0.690. The van der Waals surface area contributed by atoms with Crippen LogP contribution in [-0.4, -0.2) is 38.1 Å². The molecule has 0 bridgehead atoms. The van der Waals surface area contributed by atoms with E-state index in [0.29, 0.717) is 25.3 Å². The second-order valence-corrected chi connectivity index (χ2v) is 5.53. The molecule has 0 aromatic heterocycles. The van der Waals surface area contributed by atoms with E-state index >= 15 is 0 Å². The third kappa shape index (κ3) is 6.39. The third-order valence-electron chi connectivity index (χ3n) is 3.66. The molecule has 2 N–H and O–H groups in total. The highest BCUT2D eigenvalue weighted by Crippen LogP contribution is 2.19. The molecule has 0 fully saturated rings. The monoisotopic (exact) mass is 340 g/mol. The minimum atomic E-state index is -0.260. The van der Waals surface area contributed by atoms with Crippen LogP contribution < -0.4 is 10.6 Å². The van der Waals surface area contributed by atoms with Crippen LogP contribution in [0.1, 0.15) is 23.7 Å². The number of benzene rings is 2. The largest absolute Gasteiger partial charge is 0.382 e. The Hall–Kier alpha value is -2.66. The fourth-order valence-corrected chi connectivity index (χ4v) is 2.32. The van der Waals surface area contributed by atoms with Gasteiger partial charge >= 0.3 is 0 Å². The molecule has 2 aromatic rings. The van der Waals surface area contributed by atoms with Gasteiger partial charge in [-0.2, -0.15) is 0 Å². The lowest BCUT2D eigenvalue weighted by Crippen LogP contribution is -2.37. The van der Waals surface area contributed by atoms with Crippen molar-refractivity contribution in [2.45, 2.75) is 13.3 Å². The van der Waals surface area contributed by atoms with Crippen molar-refractivity contribution in [3.8, 4) is 11.1 Å². The average molecular weight is 340 g/mol. The topological polar surface area (TPSA) is 67.4 Å². The van der Waals surface area contributed by atoms with Crippen LogP contribution in [0.15, 0.2) is 54.6 Å². The van der Waals surface area contributed by atoms with Gasteiger partial charge in [0.25, 0.3) is 5.91 Å². The summed E-state index contributed by atoms with van der Waals surface area (Å²) in [6, 6.07) is 17.3. The van der Waals surface area contributed by atoms with E-state index in [0.717, 1.165) is 17.5 Å². The fourth-order valence-electron chi connectivity index (χ4n) is 2.32. The minimum Gasteiger partial charge on any atom is -0.382 e. The Balaban J connectivity index is 1.76. The molecular formula is C20H24N2O3. The van der Waals surface area contributed by atoms with Gasteiger partial charge in [-0.25, -0.2) is 0 Å². The van der Waals surface area contributed by atoms with Crippen molar-refractivity contribution < 1.29 is 14.3 Å². The lowest BCUT2D eigenvalue weighted by Gasteiger charge is -2.08. The van der Waals surface area contributed by atoms with Crippen molar-refractivity contribution in [3.05, 3.63) is 60.2 Å². The van der Waals surface area contributed by atoms with Crippen LogP contribution in [-0.2, 0) is 9.53 Å². The van der Waals surface area contributed by atoms with Gasteiger partial charge in [-0.1, -0.05) is 42.5 Å². The van der Waals surface area contributed by atoms with Gasteiger partial charge in [-0.3, -0.25) is 9.59 Å². The van der Waals surface area contributed by atoms with Crippen LogP contribution in [0.3, 0.4) is 0 Å². The van der Waals surface area contributed by atoms with E-state index < -0.39 is 0 Å². The molecule has 5 nitrogen and oxygen atoms in total. The summed E-state index contributed by atoms with van der Waals surface area (Å²) in [6.45, 7) is 3.73. The normalized spacial score (nSPS) is 10.3. The van der Waals surface area contributed by atoms with E-state index in [9.17, 15) is 9.59 Å². The molecule has 2 rings (SSSR count). The Bertz CT molecular complexity index is 669. The van der Waals surface area contributed by atoms with E-state index in [-0.39, 0.29) is 18.4 Å². The first-order valence-electron chi connectivity index (χ1n) is 8.49. The van der Waals surface area contributed by atoms with Gasteiger partial charge in [0.15, 0.2) is 0 Å². The molecule has 0 heterocycles. The molecule has 5 heteroatoms. The summed E-state index contributed by atoms with van der Waals surface area (Å²) < 4.78 is 5.19. The number of hydrogen-bond donors (Lipinski definition) is 2. The van der Waals surface area contributed by atoms with Crippen molar-refractivity contribution in [2.75, 3.05) is 26.3 Å². The van der Waals surface area contributed by atoms with Crippen LogP contribution in [0.25, 0.3) is 11.1 Å². The van der Waals surface area contributed by atoms with Crippen LogP contribution in [0.5, 0.6) is 0 Å². The highest BCUT2D eigenvalue weighted by molar-refractivity contribution is 5.96. The van der Waals surface area contributed by atoms with Crippen molar-refractivity contribution in [3.63, 3.8) is 0 Å². The highest BCUT2D eigenvalue weighted by Gasteiger charge is 2.08. The number of hydrogen-bond acceptors (Lipinski definition) is 3. The summed E-state index contributed by atoms with van der Waals surface area (Å²) in [5.74, 6) is -0.463. The van der Waals surface area contributed by atoms with Gasteiger partial charge in [-0.05, 0) is 36.6 Å². The van der Waals surface area contributed by atoms with Gasteiger partial charge in [0.2, 0.25) is 5.91 Å². The summed E-state index contributed by atoms with van der Waals surface area (Å²) in [5, 5.41) is 5.37. The van der Waals surface area contributed by atoms with Crippen LogP contribution >= 0.6 is 0 Å². The van der Waals surface area contributed by atoms with Crippen LogP contribution in [0, 0.1) is 0 Å². The molecule has 0 radical (unpaired) electrons. The van der Waals surface area contributed by atoms with E-state index in [1.165, 1.54) is 0 Å². The van der Waals surface area contributed by atoms with Gasteiger partial charge < -0.3 is 15.4 Å². The maximum Gasteiger partial charge on any atom is 0.251 e. The molecule has 132 valence electrons. The maximum absolute atomic E-state index is 12.1. The van der Waals surface area contributed by atoms with Crippen molar-refractivity contribution in [2.24, 2.45) is 0 Å². The van der Waals surface area contributed by atoms with E-state index in [1.807, 2.05) is 49.4 Å². The van der Waals surface area contributed by atoms with Gasteiger partial charge in [-0.15, -0.1) is 0 Å². The van der Waals surface area contributed by atoms with Crippen LogP contribution in [0.4, 0.5) is 0 Å². The summed E-state index contributed by atoms with van der Waals surface area (Å²) in [4.78, 5) is 23.8. The second kappa shape index (κ2) is 10.3. The number of carbonyl (C=O) groups excluding carboxylic acids is 2. The molecule has 2 amide bonds. The molecule has 0 saturated carbocycles. The summed E-state index contributed by atoms with van der Waals surface area (Å²) >= 11 is 0. The predicted molar refractivity (Wildman–Crippen MR) is 98.3 cm³/mol. The Morgan fingerprint density at radius 2 is 1.60 bits per heavy atom. The molecular weight excluding hydrogens is 316 g/mol. The molecule has 0 spiro atoms. The van der Waals surface area contributed by atoms with Gasteiger partial charge in [0, 0.05) is 25.3 Å². The Morgan fingerprint density at radius 3 is 2.28 bits per heavy atom. The first-order valence-corrected chi connectivity index (χ1v) is 8.49. The van der Waals surface area contributed by atoms with Crippen molar-refractivity contribution >= 4 is 11.8 Å². The van der Waals surface area contributed by atoms with Gasteiger partial charge in [0.05, 0.1) is 6.54 Å². The van der Waals surface area contributed by atoms with Crippen molar-refractivity contribution in [1.82, 2.24) is 10.6 Å². The van der Waals surface area contributed by atoms with Gasteiger partial charge in [0.1, 0.15) is 0 Å². The van der Waals surface area contributed by atoms with E-state index in [1.54, 1.807) is 12.1 Å². The van der Waals surface area contributed by atoms with Crippen molar-refractivity contribution in [1.29, 1.82) is 0 Å². The van der Waals surface area contributed by atoms with E-state index in [4.69, 9.17) is 4.74 Å². The molecule has 0 atom stereocenters. The lowest BCUT2D eigenvalue weighted by molar-refractivity contribution is -0.120. The number of ether oxygens (including phenoxy) is 1. The zero-order valence-electron chi connectivity index (χ0n) is 14.5. The van der Waals surface area contributed by atoms with Crippen LogP contribution in [0.2, 0.25) is 0 Å². The fraction of sp³-hybridized carbons (Fsp3) is 0.300. The number of rotatable bonds is 9. The highest BCUT2D eigenvalue weighted by atomic mass is 16.5. The smallest absolute Gasteiger partial charge is 0.251 e. The Labute approximate surface area is 148 Å². The zero-order valence-corrected chi connectivity index (χ0v) is 14.5. The average Bonchev–Trinajstić information content (AvgIpc) is 2.67. The third-order valence-corrected chi connectivity index (χ3v) is 3.66. The number of carbonyl (C=O) groups is 2. The zero-order chi connectivity index (χ0) is 17.9. The lowest BCUT2D eigenvalue weighted by atomic mass is 10.0. The first-order chi connectivity index (χ1) is 12.2. The second-order valence-electron chi connectivity index (χ2n) is 5.53. The predicted octanol–water partition coefficient (Wildman–Crippen LogP) is 2.63. The summed E-state index contributed by atoms with van der Waals surface area (Å²) in [5.41, 5.74) is 2.67. The van der Waals surface area contributed by atoms with E-state index in [2.05, 4.69) is 10.6 Å². The molecule has 0 aliphatic carbocycles. The molecule has 2 aromatic carbocycles. The number of nitrogens with one attached hydrogen (secondary N) is 2. The SMILES string of the molecule is CCOCCCNC(=O)CNC(=O)c1ccc(-c2ccccc2)cc1. The standard InChI is InChI=1S/C20H24N2O3/c1-2-25-14-6-13-21-19(23)15-22-20(24)18-11-9-17(10-12-18)16-7-4-3-5-8-16/h3-5,7-12H,2,6,13-15H2,1H3,(H,21,23)(H,22,24). The maximum atomic E-state index is 12.1. The number of amides is 2. The molecule has 0 saturated heterocycles. The summed E-state index contributed by atoms with van der Waals surface area (Å²) in [6.07, 6.45) is 0.758.